The molecule has 2 aromatic rings. The van der Waals surface area contributed by atoms with Gasteiger partial charge in [-0.2, -0.15) is 10.2 Å². The van der Waals surface area contributed by atoms with Crippen molar-refractivity contribution in [2.45, 2.75) is 24.8 Å². The summed E-state index contributed by atoms with van der Waals surface area (Å²) in [5, 5.41) is 19.3. The highest BCUT2D eigenvalue weighted by atomic mass is 16.5. The lowest BCUT2D eigenvalue weighted by atomic mass is 9.39. The highest BCUT2D eigenvalue weighted by Crippen LogP contribution is 2.68. The van der Waals surface area contributed by atoms with Gasteiger partial charge in [-0.25, -0.2) is 4.98 Å². The normalized spacial score (nSPS) is 23.5. The first-order chi connectivity index (χ1) is 18.3. The minimum atomic E-state index is -0.317. The first kappa shape index (κ1) is 25.8. The molecule has 0 radical (unpaired) electrons. The Labute approximate surface area is 222 Å². The number of hydrogen-bond donors (Lipinski definition) is 3. The molecule has 2 bridgehead atoms. The molecule has 6 rings (SSSR count). The third kappa shape index (κ3) is 4.97. The zero-order valence-corrected chi connectivity index (χ0v) is 22.1. The van der Waals surface area contributed by atoms with Gasteiger partial charge in [0.2, 0.25) is 11.9 Å². The van der Waals surface area contributed by atoms with Gasteiger partial charge in [-0.3, -0.25) is 4.79 Å². The first-order valence-electron chi connectivity index (χ1n) is 12.7. The van der Waals surface area contributed by atoms with Crippen molar-refractivity contribution >= 4 is 34.7 Å². The van der Waals surface area contributed by atoms with Crippen LogP contribution in [0.4, 0.5) is 28.8 Å². The number of methoxy groups -OCH3 is 1. The molecular weight excluding hydrogens is 484 g/mol. The predicted molar refractivity (Wildman–Crippen MR) is 146 cm³/mol. The summed E-state index contributed by atoms with van der Waals surface area (Å²) in [6, 6.07) is 5.87. The van der Waals surface area contributed by atoms with Crippen LogP contribution in [0.5, 0.6) is 5.75 Å². The lowest BCUT2D eigenvalue weighted by Gasteiger charge is -2.71. The number of ether oxygens (including phenoxy) is 2. The van der Waals surface area contributed by atoms with Gasteiger partial charge in [-0.15, -0.1) is 0 Å². The van der Waals surface area contributed by atoms with Crippen LogP contribution >= 0.6 is 0 Å². The van der Waals surface area contributed by atoms with Gasteiger partial charge in [-0.1, -0.05) is 6.58 Å². The van der Waals surface area contributed by atoms with Crippen LogP contribution in [-0.2, 0) is 9.53 Å². The second kappa shape index (κ2) is 10.1. The van der Waals surface area contributed by atoms with Crippen LogP contribution in [-0.4, -0.2) is 80.4 Å². The van der Waals surface area contributed by atoms with E-state index in [2.05, 4.69) is 62.5 Å². The number of nitrogens with one attached hydrogen (secondary N) is 3. The molecule has 1 saturated heterocycles. The number of morpholine rings is 1. The summed E-state index contributed by atoms with van der Waals surface area (Å²) in [6.45, 7) is 7.23. The zero-order chi connectivity index (χ0) is 26.9. The number of anilines is 5. The molecule has 2 heterocycles. The van der Waals surface area contributed by atoms with Gasteiger partial charge in [0.05, 0.1) is 43.6 Å². The highest BCUT2D eigenvalue weighted by Gasteiger charge is 2.67. The van der Waals surface area contributed by atoms with Gasteiger partial charge in [0.15, 0.2) is 0 Å². The maximum Gasteiger partial charge on any atom is 0.247 e. The number of nitrogens with zero attached hydrogens (tertiary/aromatic N) is 5. The second-order valence-corrected chi connectivity index (χ2v) is 10.7. The van der Waals surface area contributed by atoms with E-state index < -0.39 is 0 Å². The van der Waals surface area contributed by atoms with Crippen LogP contribution in [0, 0.1) is 16.7 Å². The maximum atomic E-state index is 12.2. The quantitative estimate of drug-likeness (QED) is 0.404. The minimum Gasteiger partial charge on any atom is -0.494 e. The first-order valence-corrected chi connectivity index (χ1v) is 12.7. The van der Waals surface area contributed by atoms with Crippen LogP contribution in [0.1, 0.15) is 24.8 Å². The number of rotatable bonds is 10. The molecule has 38 heavy (non-hydrogen) atoms. The monoisotopic (exact) mass is 518 g/mol. The van der Waals surface area contributed by atoms with Crippen molar-refractivity contribution in [1.29, 1.82) is 5.26 Å². The molecule has 3 N–H and O–H groups in total. The molecule has 0 unspecified atom stereocenters. The molecule has 11 nitrogen and oxygen atoms in total. The number of hydrogen-bond acceptors (Lipinski definition) is 10. The van der Waals surface area contributed by atoms with E-state index in [0.717, 1.165) is 31.5 Å². The fourth-order valence-electron chi connectivity index (χ4n) is 6.15. The predicted octanol–water partition coefficient (Wildman–Crippen LogP) is 2.96. The Morgan fingerprint density at radius 1 is 1.29 bits per heavy atom. The molecule has 1 aromatic carbocycles. The van der Waals surface area contributed by atoms with Gasteiger partial charge in [0.25, 0.3) is 0 Å². The van der Waals surface area contributed by atoms with Crippen LogP contribution < -0.4 is 25.6 Å². The van der Waals surface area contributed by atoms with Crippen molar-refractivity contribution < 1.29 is 14.3 Å². The van der Waals surface area contributed by atoms with Crippen LogP contribution in [0.25, 0.3) is 0 Å². The van der Waals surface area contributed by atoms with E-state index in [-0.39, 0.29) is 11.4 Å². The SMILES string of the molecule is C=CC(=O)Nc1cc(Nc2ncc(C#N)c(NC34CC(CN(C)C)(C3)C4)n2)c(OC)cc1N1CCOCC1. The van der Waals surface area contributed by atoms with Crippen LogP contribution in [0.15, 0.2) is 31.0 Å². The van der Waals surface area contributed by atoms with E-state index in [1.807, 2.05) is 6.07 Å². The topological polar surface area (TPSA) is 128 Å². The summed E-state index contributed by atoms with van der Waals surface area (Å²) in [5.74, 6) is 1.09. The second-order valence-electron chi connectivity index (χ2n) is 10.7. The summed E-state index contributed by atoms with van der Waals surface area (Å²) in [5.41, 5.74) is 2.77. The third-order valence-electron chi connectivity index (χ3n) is 7.44. The van der Waals surface area contributed by atoms with E-state index in [4.69, 9.17) is 9.47 Å². The number of amides is 1. The molecule has 0 atom stereocenters. The Morgan fingerprint density at radius 3 is 2.66 bits per heavy atom. The van der Waals surface area contributed by atoms with E-state index >= 15 is 0 Å². The lowest BCUT2D eigenvalue weighted by Crippen LogP contribution is -2.73. The molecule has 1 aromatic heterocycles. The van der Waals surface area contributed by atoms with Crippen molar-refractivity contribution in [3.05, 3.63) is 36.5 Å². The lowest BCUT2D eigenvalue weighted by molar-refractivity contribution is -0.128. The molecular formula is C27H34N8O3. The Kier molecular flexibility index (Phi) is 6.86. The molecule has 3 aliphatic carbocycles. The smallest absolute Gasteiger partial charge is 0.247 e. The molecule has 11 heteroatoms. The molecule has 4 aliphatic rings. The molecule has 1 aliphatic heterocycles. The zero-order valence-electron chi connectivity index (χ0n) is 22.1. The summed E-state index contributed by atoms with van der Waals surface area (Å²) >= 11 is 0. The van der Waals surface area contributed by atoms with Crippen molar-refractivity contribution in [2.24, 2.45) is 5.41 Å². The van der Waals surface area contributed by atoms with Crippen molar-refractivity contribution in [2.75, 3.05) is 74.9 Å². The summed E-state index contributed by atoms with van der Waals surface area (Å²) in [4.78, 5) is 25.6. The maximum absolute atomic E-state index is 12.2. The summed E-state index contributed by atoms with van der Waals surface area (Å²) in [6.07, 6.45) is 5.96. The standard InChI is InChI=1S/C27H34N8O3/c1-5-23(36)30-19-10-20(22(37-4)11-21(19)35-6-8-38-9-7-35)31-25-29-13-18(12-28)24(32-25)33-27-14-26(15-27,16-27)17-34(2)3/h5,10-11,13H,1,6-9,14-17H2,2-4H3,(H,30,36)(H2,29,31,32,33). The van der Waals surface area contributed by atoms with Crippen molar-refractivity contribution in [3.63, 3.8) is 0 Å². The van der Waals surface area contributed by atoms with E-state index in [9.17, 15) is 10.1 Å². The number of benzene rings is 1. The fraction of sp³-hybridized carbons (Fsp3) is 0.481. The van der Waals surface area contributed by atoms with Crippen LogP contribution in [0.3, 0.4) is 0 Å². The van der Waals surface area contributed by atoms with Crippen LogP contribution in [0.2, 0.25) is 0 Å². The molecule has 1 amide bonds. The highest BCUT2D eigenvalue weighted by molar-refractivity contribution is 6.02. The van der Waals surface area contributed by atoms with Gasteiger partial charge >= 0.3 is 0 Å². The van der Waals surface area contributed by atoms with E-state index in [1.165, 1.54) is 12.3 Å². The Balaban J connectivity index is 1.40. The Bertz CT molecular complexity index is 1260. The van der Waals surface area contributed by atoms with Crippen molar-refractivity contribution in [1.82, 2.24) is 14.9 Å². The minimum absolute atomic E-state index is 0.00708. The van der Waals surface area contributed by atoms with E-state index in [1.54, 1.807) is 13.2 Å². The van der Waals surface area contributed by atoms with Gasteiger partial charge < -0.3 is 35.2 Å². The molecule has 200 valence electrons. The molecule has 3 saturated carbocycles. The average Bonchev–Trinajstić information content (AvgIpc) is 2.87. The largest absolute Gasteiger partial charge is 0.494 e. The Morgan fingerprint density at radius 2 is 2.03 bits per heavy atom. The number of nitriles is 1. The number of carbonyl (C=O) groups excluding carboxylic acids is 1. The van der Waals surface area contributed by atoms with Gasteiger partial charge in [0.1, 0.15) is 23.2 Å². The Hall–Kier alpha value is -3.88. The summed E-state index contributed by atoms with van der Waals surface area (Å²) < 4.78 is 11.2. The fourth-order valence-corrected chi connectivity index (χ4v) is 6.15. The average molecular weight is 519 g/mol. The van der Waals surface area contributed by atoms with E-state index in [0.29, 0.717) is 66.2 Å². The number of carbonyl (C=O) groups is 1. The van der Waals surface area contributed by atoms with Crippen molar-refractivity contribution in [3.8, 4) is 11.8 Å². The molecule has 4 fully saturated rings. The number of aromatic nitrogens is 2. The summed E-state index contributed by atoms with van der Waals surface area (Å²) in [7, 11) is 5.80. The van der Waals surface area contributed by atoms with Gasteiger partial charge in [0, 0.05) is 31.2 Å². The van der Waals surface area contributed by atoms with Gasteiger partial charge in [-0.05, 0) is 50.9 Å². The third-order valence-corrected chi connectivity index (χ3v) is 7.44. The molecule has 0 spiro atoms.